The maximum absolute atomic E-state index is 11.8. The number of hydrogen-bond donors (Lipinski definition) is 1. The summed E-state index contributed by atoms with van der Waals surface area (Å²) in [5.41, 5.74) is 4.73. The Hall–Kier alpha value is -3.98. The molecule has 0 spiro atoms. The molecule has 0 atom stereocenters. The standard InChI is InChI=1S/C26H25N5O/c1-3-22(32)16-19-10-11-24(27-2)23(17-19)25-12-13-28-26(30-25)29-20-8-7-9-21(18-20)31-14-5-4-6-15-31/h3,7-13,17-18H,1,4-6,14-16H2,(H,28,29,30). The number of nitrogens with one attached hydrogen (secondary N) is 1. The van der Waals surface area contributed by atoms with Gasteiger partial charge in [-0.05, 0) is 55.2 Å². The van der Waals surface area contributed by atoms with Crippen LogP contribution >= 0.6 is 0 Å². The third-order valence-corrected chi connectivity index (χ3v) is 5.54. The lowest BCUT2D eigenvalue weighted by Gasteiger charge is -2.29. The van der Waals surface area contributed by atoms with Crippen LogP contribution in [-0.4, -0.2) is 28.8 Å². The molecular weight excluding hydrogens is 398 g/mol. The van der Waals surface area contributed by atoms with E-state index in [1.165, 1.54) is 31.0 Å². The van der Waals surface area contributed by atoms with Gasteiger partial charge in [0.2, 0.25) is 5.95 Å². The maximum Gasteiger partial charge on any atom is 0.227 e. The van der Waals surface area contributed by atoms with E-state index >= 15 is 0 Å². The number of piperidine rings is 1. The summed E-state index contributed by atoms with van der Waals surface area (Å²) in [4.78, 5) is 26.8. The SMILES string of the molecule is [C-]#[N+]c1ccc(CC(=O)C=C)cc1-c1ccnc(Nc2cccc(N3CCCCC3)c2)n1. The number of hydrogen-bond acceptors (Lipinski definition) is 5. The van der Waals surface area contributed by atoms with Gasteiger partial charge in [0.05, 0.1) is 12.3 Å². The van der Waals surface area contributed by atoms with Gasteiger partial charge in [-0.25, -0.2) is 14.8 Å². The topological polar surface area (TPSA) is 62.5 Å². The van der Waals surface area contributed by atoms with Gasteiger partial charge in [-0.1, -0.05) is 30.8 Å². The first-order valence-electron chi connectivity index (χ1n) is 10.8. The molecule has 1 saturated heterocycles. The van der Waals surface area contributed by atoms with Gasteiger partial charge in [-0.15, -0.1) is 0 Å². The highest BCUT2D eigenvalue weighted by molar-refractivity contribution is 5.91. The Labute approximate surface area is 188 Å². The molecule has 1 aliphatic heterocycles. The van der Waals surface area contributed by atoms with Crippen molar-refractivity contribution in [3.8, 4) is 11.3 Å². The molecule has 6 nitrogen and oxygen atoms in total. The van der Waals surface area contributed by atoms with Gasteiger partial charge in [0.15, 0.2) is 11.5 Å². The van der Waals surface area contributed by atoms with Crippen LogP contribution in [0.25, 0.3) is 16.1 Å². The zero-order valence-corrected chi connectivity index (χ0v) is 17.9. The van der Waals surface area contributed by atoms with Gasteiger partial charge in [0.1, 0.15) is 0 Å². The molecular formula is C26H25N5O. The number of carbonyl (C=O) groups excluding carboxylic acids is 1. The predicted octanol–water partition coefficient (Wildman–Crippen LogP) is 5.73. The van der Waals surface area contributed by atoms with E-state index in [9.17, 15) is 4.79 Å². The molecule has 2 heterocycles. The predicted molar refractivity (Wildman–Crippen MR) is 128 cm³/mol. The molecule has 1 aliphatic rings. The Balaban J connectivity index is 1.59. The van der Waals surface area contributed by atoms with Crippen molar-refractivity contribution in [3.63, 3.8) is 0 Å². The molecule has 4 rings (SSSR count). The van der Waals surface area contributed by atoms with E-state index in [1.807, 2.05) is 18.2 Å². The van der Waals surface area contributed by atoms with Crippen LogP contribution in [0.5, 0.6) is 0 Å². The van der Waals surface area contributed by atoms with Crippen molar-refractivity contribution in [2.75, 3.05) is 23.3 Å². The molecule has 0 amide bonds. The summed E-state index contributed by atoms with van der Waals surface area (Å²) < 4.78 is 0. The summed E-state index contributed by atoms with van der Waals surface area (Å²) in [6.45, 7) is 13.2. The molecule has 0 bridgehead atoms. The number of rotatable bonds is 7. The van der Waals surface area contributed by atoms with Gasteiger partial charge in [-0.3, -0.25) is 4.79 Å². The van der Waals surface area contributed by atoms with Crippen molar-refractivity contribution in [1.82, 2.24) is 9.97 Å². The van der Waals surface area contributed by atoms with Gasteiger partial charge < -0.3 is 10.2 Å². The molecule has 6 heteroatoms. The Bertz CT molecular complexity index is 1170. The fourth-order valence-corrected chi connectivity index (χ4v) is 3.90. The summed E-state index contributed by atoms with van der Waals surface area (Å²) in [7, 11) is 0. The van der Waals surface area contributed by atoms with Gasteiger partial charge >= 0.3 is 0 Å². The Kier molecular flexibility index (Phi) is 6.57. The maximum atomic E-state index is 11.8. The Morgan fingerprint density at radius 1 is 1.16 bits per heavy atom. The molecule has 0 saturated carbocycles. The lowest BCUT2D eigenvalue weighted by molar-refractivity contribution is -0.114. The van der Waals surface area contributed by atoms with Crippen LogP contribution < -0.4 is 10.2 Å². The van der Waals surface area contributed by atoms with Gasteiger partial charge in [-0.2, -0.15) is 0 Å². The van der Waals surface area contributed by atoms with Crippen molar-refractivity contribution in [2.45, 2.75) is 25.7 Å². The lowest BCUT2D eigenvalue weighted by Crippen LogP contribution is -2.29. The largest absolute Gasteiger partial charge is 0.371 e. The van der Waals surface area contributed by atoms with Gasteiger partial charge in [0, 0.05) is 42.6 Å². The number of allylic oxidation sites excluding steroid dienone is 1. The molecule has 0 aliphatic carbocycles. The van der Waals surface area contributed by atoms with Crippen LogP contribution in [0.2, 0.25) is 0 Å². The molecule has 1 N–H and O–H groups in total. The van der Waals surface area contributed by atoms with Crippen molar-refractivity contribution in [3.05, 3.63) is 84.4 Å². The monoisotopic (exact) mass is 423 g/mol. The van der Waals surface area contributed by atoms with Crippen LogP contribution in [0.1, 0.15) is 24.8 Å². The first kappa shape index (κ1) is 21.3. The van der Waals surface area contributed by atoms with E-state index in [0.29, 0.717) is 22.9 Å². The first-order valence-corrected chi connectivity index (χ1v) is 10.8. The van der Waals surface area contributed by atoms with Crippen molar-refractivity contribution < 1.29 is 4.79 Å². The minimum atomic E-state index is -0.0647. The summed E-state index contributed by atoms with van der Waals surface area (Å²) in [5.74, 6) is 0.395. The Morgan fingerprint density at radius 3 is 2.78 bits per heavy atom. The number of benzene rings is 2. The average Bonchev–Trinajstić information content (AvgIpc) is 2.85. The molecule has 0 radical (unpaired) electrons. The third kappa shape index (κ3) is 5.01. The van der Waals surface area contributed by atoms with Crippen molar-refractivity contribution in [1.29, 1.82) is 0 Å². The first-order chi connectivity index (χ1) is 15.7. The zero-order valence-electron chi connectivity index (χ0n) is 17.9. The number of anilines is 3. The molecule has 0 unspecified atom stereocenters. The third-order valence-electron chi connectivity index (χ3n) is 5.54. The molecule has 1 fully saturated rings. The van der Waals surface area contributed by atoms with Crippen LogP contribution in [0.15, 0.2) is 67.4 Å². The molecule has 3 aromatic rings. The summed E-state index contributed by atoms with van der Waals surface area (Å²) in [6.07, 6.45) is 6.98. The zero-order chi connectivity index (χ0) is 22.3. The highest BCUT2D eigenvalue weighted by atomic mass is 16.1. The second kappa shape index (κ2) is 9.88. The lowest BCUT2D eigenvalue weighted by atomic mass is 10.0. The fraction of sp³-hybridized carbons (Fsp3) is 0.231. The van der Waals surface area contributed by atoms with Crippen LogP contribution in [0, 0.1) is 6.57 Å². The average molecular weight is 424 g/mol. The van der Waals surface area contributed by atoms with E-state index in [4.69, 9.17) is 6.57 Å². The van der Waals surface area contributed by atoms with Crippen LogP contribution in [0.3, 0.4) is 0 Å². The smallest absolute Gasteiger partial charge is 0.227 e. The highest BCUT2D eigenvalue weighted by Gasteiger charge is 2.13. The molecule has 1 aromatic heterocycles. The number of carbonyl (C=O) groups is 1. The summed E-state index contributed by atoms with van der Waals surface area (Å²) in [5, 5.41) is 3.29. The van der Waals surface area contributed by atoms with E-state index in [1.54, 1.807) is 24.4 Å². The summed E-state index contributed by atoms with van der Waals surface area (Å²) >= 11 is 0. The normalized spacial score (nSPS) is 13.3. The molecule has 2 aromatic carbocycles. The fourth-order valence-electron chi connectivity index (χ4n) is 3.90. The van der Waals surface area contributed by atoms with Crippen molar-refractivity contribution in [2.24, 2.45) is 0 Å². The summed E-state index contributed by atoms with van der Waals surface area (Å²) in [6, 6.07) is 15.4. The van der Waals surface area contributed by atoms with Crippen molar-refractivity contribution >= 4 is 28.8 Å². The Morgan fingerprint density at radius 2 is 2.00 bits per heavy atom. The van der Waals surface area contributed by atoms with E-state index in [-0.39, 0.29) is 12.2 Å². The minimum Gasteiger partial charge on any atom is -0.371 e. The van der Waals surface area contributed by atoms with E-state index in [0.717, 1.165) is 24.3 Å². The van der Waals surface area contributed by atoms with Crippen LogP contribution in [-0.2, 0) is 11.2 Å². The van der Waals surface area contributed by atoms with Crippen LogP contribution in [0.4, 0.5) is 23.0 Å². The number of ketones is 1. The number of aromatic nitrogens is 2. The second-order valence-corrected chi connectivity index (χ2v) is 7.80. The van der Waals surface area contributed by atoms with Gasteiger partial charge in [0.25, 0.3) is 0 Å². The number of nitrogens with zero attached hydrogens (tertiary/aromatic N) is 4. The van der Waals surface area contributed by atoms with E-state index < -0.39 is 0 Å². The highest BCUT2D eigenvalue weighted by Crippen LogP contribution is 2.31. The molecule has 32 heavy (non-hydrogen) atoms. The minimum absolute atomic E-state index is 0.0647. The second-order valence-electron chi connectivity index (χ2n) is 7.80. The van der Waals surface area contributed by atoms with E-state index in [2.05, 4.69) is 43.7 Å². The molecule has 160 valence electrons. The quantitative estimate of drug-likeness (QED) is 0.389.